The van der Waals surface area contributed by atoms with Crippen LogP contribution in [0.5, 0.6) is 0 Å². The van der Waals surface area contributed by atoms with Crippen molar-refractivity contribution in [2.45, 2.75) is 13.8 Å². The van der Waals surface area contributed by atoms with Crippen LogP contribution in [0.15, 0.2) is 42.9 Å². The number of nitrogens with one attached hydrogen (secondary N) is 3. The third-order valence-corrected chi connectivity index (χ3v) is 3.65. The summed E-state index contributed by atoms with van der Waals surface area (Å²) >= 11 is 0. The van der Waals surface area contributed by atoms with Gasteiger partial charge >= 0.3 is 0 Å². The first-order valence-electron chi connectivity index (χ1n) is 8.03. The number of anilines is 4. The van der Waals surface area contributed by atoms with Crippen molar-refractivity contribution in [1.82, 2.24) is 19.9 Å². The van der Waals surface area contributed by atoms with Crippen LogP contribution in [0.2, 0.25) is 0 Å². The van der Waals surface area contributed by atoms with E-state index in [1.54, 1.807) is 19.3 Å². The molecular weight excluding hydrogens is 330 g/mol. The zero-order chi connectivity index (χ0) is 18.5. The number of aromatic nitrogens is 4. The molecule has 0 spiro atoms. The van der Waals surface area contributed by atoms with Gasteiger partial charge in [-0.1, -0.05) is 6.07 Å². The van der Waals surface area contributed by atoms with Gasteiger partial charge < -0.3 is 16.0 Å². The maximum Gasteiger partial charge on any atom is 0.257 e. The molecular formula is C18H19N7O. The van der Waals surface area contributed by atoms with Crippen LogP contribution in [0.4, 0.5) is 23.3 Å². The molecule has 3 aromatic rings. The maximum atomic E-state index is 12.5. The van der Waals surface area contributed by atoms with E-state index in [2.05, 4.69) is 35.9 Å². The summed E-state index contributed by atoms with van der Waals surface area (Å²) in [5.41, 5.74) is 2.92. The number of aryl methyl sites for hydroxylation is 2. The van der Waals surface area contributed by atoms with Gasteiger partial charge in [0.25, 0.3) is 5.91 Å². The van der Waals surface area contributed by atoms with Crippen LogP contribution < -0.4 is 16.0 Å². The third kappa shape index (κ3) is 4.10. The molecule has 0 fully saturated rings. The standard InChI is InChI=1S/C18H19N7O/c1-11-4-5-13(23-18-22-12(2)8-15(19-3)25-18)9-14(11)17(26)24-16-10-20-6-7-21-16/h4-10H,1-3H3,(H,21,24,26)(H2,19,22,23,25). The Hall–Kier alpha value is -3.55. The topological polar surface area (TPSA) is 105 Å². The highest BCUT2D eigenvalue weighted by Crippen LogP contribution is 2.20. The smallest absolute Gasteiger partial charge is 0.257 e. The first-order valence-corrected chi connectivity index (χ1v) is 8.03. The molecule has 132 valence electrons. The summed E-state index contributed by atoms with van der Waals surface area (Å²) in [6, 6.07) is 7.34. The first-order chi connectivity index (χ1) is 12.5. The van der Waals surface area contributed by atoms with Gasteiger partial charge in [-0.3, -0.25) is 9.78 Å². The summed E-state index contributed by atoms with van der Waals surface area (Å²) < 4.78 is 0. The second kappa shape index (κ2) is 7.56. The van der Waals surface area contributed by atoms with E-state index in [-0.39, 0.29) is 5.91 Å². The van der Waals surface area contributed by atoms with Crippen molar-refractivity contribution >= 4 is 29.2 Å². The van der Waals surface area contributed by atoms with Gasteiger partial charge in [0, 0.05) is 42.5 Å². The fraction of sp³-hybridized carbons (Fsp3) is 0.167. The Morgan fingerprint density at radius 1 is 1.04 bits per heavy atom. The average Bonchev–Trinajstić information content (AvgIpc) is 2.63. The summed E-state index contributed by atoms with van der Waals surface area (Å²) in [5, 5.41) is 8.86. The lowest BCUT2D eigenvalue weighted by molar-refractivity contribution is 0.102. The van der Waals surface area contributed by atoms with Crippen molar-refractivity contribution in [3.63, 3.8) is 0 Å². The van der Waals surface area contributed by atoms with Gasteiger partial charge in [-0.25, -0.2) is 9.97 Å². The summed E-state index contributed by atoms with van der Waals surface area (Å²) in [4.78, 5) is 29.3. The second-order valence-corrected chi connectivity index (χ2v) is 5.67. The molecule has 3 N–H and O–H groups in total. The van der Waals surface area contributed by atoms with Crippen LogP contribution in [-0.2, 0) is 0 Å². The second-order valence-electron chi connectivity index (χ2n) is 5.67. The van der Waals surface area contributed by atoms with Crippen molar-refractivity contribution in [2.24, 2.45) is 0 Å². The molecule has 1 amide bonds. The minimum Gasteiger partial charge on any atom is -0.373 e. The van der Waals surface area contributed by atoms with Crippen molar-refractivity contribution < 1.29 is 4.79 Å². The van der Waals surface area contributed by atoms with E-state index >= 15 is 0 Å². The highest BCUT2D eigenvalue weighted by atomic mass is 16.1. The molecule has 0 bridgehead atoms. The highest BCUT2D eigenvalue weighted by molar-refractivity contribution is 6.05. The van der Waals surface area contributed by atoms with Crippen molar-refractivity contribution in [1.29, 1.82) is 0 Å². The first kappa shape index (κ1) is 17.3. The molecule has 0 atom stereocenters. The number of hydrogen-bond donors (Lipinski definition) is 3. The minimum atomic E-state index is -0.257. The van der Waals surface area contributed by atoms with Crippen molar-refractivity contribution in [2.75, 3.05) is 23.0 Å². The van der Waals surface area contributed by atoms with Crippen molar-refractivity contribution in [3.8, 4) is 0 Å². The molecule has 0 saturated heterocycles. The summed E-state index contributed by atoms with van der Waals surface area (Å²) in [6.07, 6.45) is 4.57. The number of carbonyl (C=O) groups excluding carboxylic acids is 1. The molecule has 0 unspecified atom stereocenters. The van der Waals surface area contributed by atoms with E-state index in [4.69, 9.17) is 0 Å². The number of nitrogens with zero attached hydrogens (tertiary/aromatic N) is 4. The van der Waals surface area contributed by atoms with Crippen LogP contribution in [0.3, 0.4) is 0 Å². The molecule has 0 radical (unpaired) electrons. The van der Waals surface area contributed by atoms with Crippen LogP contribution in [0.25, 0.3) is 0 Å². The van der Waals surface area contributed by atoms with E-state index in [9.17, 15) is 4.79 Å². The van der Waals surface area contributed by atoms with Gasteiger partial charge in [0.05, 0.1) is 6.20 Å². The molecule has 0 aliphatic rings. The predicted molar refractivity (Wildman–Crippen MR) is 101 cm³/mol. The summed E-state index contributed by atoms with van der Waals surface area (Å²) in [6.45, 7) is 3.76. The van der Waals surface area contributed by atoms with Crippen LogP contribution in [0, 0.1) is 13.8 Å². The largest absolute Gasteiger partial charge is 0.373 e. The van der Waals surface area contributed by atoms with Gasteiger partial charge in [0.2, 0.25) is 5.95 Å². The van der Waals surface area contributed by atoms with Gasteiger partial charge in [-0.2, -0.15) is 4.98 Å². The molecule has 2 aromatic heterocycles. The lowest BCUT2D eigenvalue weighted by atomic mass is 10.1. The third-order valence-electron chi connectivity index (χ3n) is 3.65. The van der Waals surface area contributed by atoms with Crippen LogP contribution >= 0.6 is 0 Å². The normalized spacial score (nSPS) is 10.3. The Kier molecular flexibility index (Phi) is 5.02. The molecule has 0 aliphatic heterocycles. The van der Waals surface area contributed by atoms with E-state index in [1.807, 2.05) is 32.0 Å². The summed E-state index contributed by atoms with van der Waals surface area (Å²) in [5.74, 6) is 1.31. The van der Waals surface area contributed by atoms with Crippen LogP contribution in [-0.4, -0.2) is 32.9 Å². The number of hydrogen-bond acceptors (Lipinski definition) is 7. The Bertz CT molecular complexity index is 928. The van der Waals surface area contributed by atoms with Gasteiger partial charge in [0.1, 0.15) is 5.82 Å². The van der Waals surface area contributed by atoms with E-state index in [1.165, 1.54) is 12.4 Å². The Morgan fingerprint density at radius 3 is 2.62 bits per heavy atom. The number of rotatable bonds is 5. The molecule has 3 rings (SSSR count). The van der Waals surface area contributed by atoms with Gasteiger partial charge in [-0.05, 0) is 31.5 Å². The van der Waals surface area contributed by atoms with E-state index in [0.717, 1.165) is 11.3 Å². The number of carbonyl (C=O) groups is 1. The molecule has 0 saturated carbocycles. The van der Waals surface area contributed by atoms with E-state index in [0.29, 0.717) is 28.8 Å². The quantitative estimate of drug-likeness (QED) is 0.650. The van der Waals surface area contributed by atoms with Gasteiger partial charge in [0.15, 0.2) is 5.82 Å². The Morgan fingerprint density at radius 2 is 1.88 bits per heavy atom. The highest BCUT2D eigenvalue weighted by Gasteiger charge is 2.12. The minimum absolute atomic E-state index is 0.257. The zero-order valence-electron chi connectivity index (χ0n) is 14.7. The van der Waals surface area contributed by atoms with E-state index < -0.39 is 0 Å². The van der Waals surface area contributed by atoms with Crippen molar-refractivity contribution in [3.05, 3.63) is 59.7 Å². The molecule has 1 aromatic carbocycles. The summed E-state index contributed by atoms with van der Waals surface area (Å²) in [7, 11) is 1.80. The Balaban J connectivity index is 1.83. The average molecular weight is 349 g/mol. The predicted octanol–water partition coefficient (Wildman–Crippen LogP) is 2.92. The fourth-order valence-corrected chi connectivity index (χ4v) is 2.37. The molecule has 2 heterocycles. The molecule has 26 heavy (non-hydrogen) atoms. The fourth-order valence-electron chi connectivity index (χ4n) is 2.37. The zero-order valence-corrected chi connectivity index (χ0v) is 14.7. The lowest BCUT2D eigenvalue weighted by Gasteiger charge is -2.11. The maximum absolute atomic E-state index is 12.5. The molecule has 8 heteroatoms. The molecule has 8 nitrogen and oxygen atoms in total. The number of benzene rings is 1. The molecule has 0 aliphatic carbocycles. The van der Waals surface area contributed by atoms with Crippen LogP contribution in [0.1, 0.15) is 21.6 Å². The SMILES string of the molecule is CNc1cc(C)nc(Nc2ccc(C)c(C(=O)Nc3cnccn3)c2)n1. The lowest BCUT2D eigenvalue weighted by Crippen LogP contribution is -2.14. The number of amides is 1. The Labute approximate surface area is 151 Å². The van der Waals surface area contributed by atoms with Gasteiger partial charge in [-0.15, -0.1) is 0 Å². The monoisotopic (exact) mass is 349 g/mol.